The topological polar surface area (TPSA) is 49.9 Å². The zero-order valence-electron chi connectivity index (χ0n) is 15.7. The summed E-state index contributed by atoms with van der Waals surface area (Å²) in [5, 5.41) is 8.18. The molecule has 0 saturated heterocycles. The fraction of sp³-hybridized carbons (Fsp3) is 0.115. The zero-order chi connectivity index (χ0) is 19.1. The van der Waals surface area contributed by atoms with Gasteiger partial charge in [0, 0.05) is 5.56 Å². The van der Waals surface area contributed by atoms with Crippen molar-refractivity contribution in [1.29, 1.82) is 5.41 Å². The van der Waals surface area contributed by atoms with Crippen LogP contribution in [0.4, 0.5) is 0 Å². The summed E-state index contributed by atoms with van der Waals surface area (Å²) in [5.74, 6) is 0.125. The molecule has 3 aromatic rings. The number of nitrogen functional groups attached to an aromatic ring is 1. The van der Waals surface area contributed by atoms with Gasteiger partial charge < -0.3 is 5.73 Å². The molecule has 0 bridgehead atoms. The Morgan fingerprint density at radius 1 is 0.821 bits per heavy atom. The number of rotatable bonds is 3. The van der Waals surface area contributed by atoms with Gasteiger partial charge in [0.1, 0.15) is 5.84 Å². The second kappa shape index (κ2) is 6.35. The molecule has 3 aromatic carbocycles. The fourth-order valence-electron chi connectivity index (χ4n) is 5.03. The zero-order valence-corrected chi connectivity index (χ0v) is 15.7. The van der Waals surface area contributed by atoms with Crippen LogP contribution in [-0.4, -0.2) is 5.84 Å². The molecule has 0 heterocycles. The van der Waals surface area contributed by atoms with Gasteiger partial charge in [0.2, 0.25) is 0 Å². The van der Waals surface area contributed by atoms with Crippen molar-refractivity contribution in [3.8, 4) is 0 Å². The van der Waals surface area contributed by atoms with Gasteiger partial charge >= 0.3 is 0 Å². The molecule has 2 nitrogen and oxygen atoms in total. The van der Waals surface area contributed by atoms with Gasteiger partial charge in [-0.2, -0.15) is 0 Å². The summed E-state index contributed by atoms with van der Waals surface area (Å²) in [7, 11) is 0. The van der Waals surface area contributed by atoms with Crippen LogP contribution in [0.3, 0.4) is 0 Å². The molecule has 0 unspecified atom stereocenters. The van der Waals surface area contributed by atoms with Gasteiger partial charge in [-0.25, -0.2) is 0 Å². The molecule has 2 heteroatoms. The lowest BCUT2D eigenvalue weighted by Crippen LogP contribution is -2.30. The number of benzene rings is 3. The number of fused-ring (bicyclic) bond motifs is 2. The van der Waals surface area contributed by atoms with Crippen molar-refractivity contribution < 1.29 is 0 Å². The lowest BCUT2D eigenvalue weighted by molar-refractivity contribution is 0.696. The molecule has 28 heavy (non-hydrogen) atoms. The molecule has 0 amide bonds. The molecule has 2 aliphatic carbocycles. The van der Waals surface area contributed by atoms with E-state index in [1.54, 1.807) is 0 Å². The Hall–Kier alpha value is -3.39. The van der Waals surface area contributed by atoms with Crippen LogP contribution in [0.2, 0.25) is 0 Å². The van der Waals surface area contributed by atoms with E-state index in [9.17, 15) is 0 Å². The first-order valence-electron chi connectivity index (χ1n) is 9.74. The van der Waals surface area contributed by atoms with E-state index in [2.05, 4.69) is 78.9 Å². The highest BCUT2D eigenvalue weighted by Gasteiger charge is 2.48. The first-order chi connectivity index (χ1) is 13.7. The molecule has 0 aliphatic heterocycles. The Balaban J connectivity index is 1.97. The van der Waals surface area contributed by atoms with Crippen LogP contribution in [0.25, 0.3) is 5.57 Å². The van der Waals surface area contributed by atoms with E-state index in [0.29, 0.717) is 0 Å². The summed E-state index contributed by atoms with van der Waals surface area (Å²) in [6, 6.07) is 27.7. The number of nitrogens with one attached hydrogen (secondary N) is 1. The molecule has 3 N–H and O–H groups in total. The number of allylic oxidation sites excluding steroid dienone is 4. The van der Waals surface area contributed by atoms with Crippen molar-refractivity contribution in [2.45, 2.75) is 18.3 Å². The predicted molar refractivity (Wildman–Crippen MR) is 116 cm³/mol. The third-order valence-electron chi connectivity index (χ3n) is 6.06. The number of nitrogens with two attached hydrogens (primary N) is 1. The van der Waals surface area contributed by atoms with Gasteiger partial charge in [0.15, 0.2) is 0 Å². The predicted octanol–water partition coefficient (Wildman–Crippen LogP) is 5.42. The minimum atomic E-state index is -0.344. The quantitative estimate of drug-likeness (QED) is 0.474. The van der Waals surface area contributed by atoms with Crippen LogP contribution in [0, 0.1) is 5.41 Å². The van der Waals surface area contributed by atoms with Crippen molar-refractivity contribution in [3.05, 3.63) is 124 Å². The van der Waals surface area contributed by atoms with E-state index in [4.69, 9.17) is 11.1 Å². The van der Waals surface area contributed by atoms with Crippen molar-refractivity contribution in [2.75, 3.05) is 0 Å². The van der Waals surface area contributed by atoms with E-state index in [1.165, 1.54) is 27.8 Å². The average molecular weight is 362 g/mol. The molecule has 2 aliphatic rings. The van der Waals surface area contributed by atoms with Gasteiger partial charge in [-0.05, 0) is 46.2 Å². The van der Waals surface area contributed by atoms with Crippen molar-refractivity contribution >= 4 is 11.4 Å². The van der Waals surface area contributed by atoms with Gasteiger partial charge in [-0.15, -0.1) is 0 Å². The summed E-state index contributed by atoms with van der Waals surface area (Å²) < 4.78 is 0. The van der Waals surface area contributed by atoms with E-state index in [0.717, 1.165) is 24.0 Å². The van der Waals surface area contributed by atoms with Crippen molar-refractivity contribution in [3.63, 3.8) is 0 Å². The minimum Gasteiger partial charge on any atom is -0.384 e. The van der Waals surface area contributed by atoms with Gasteiger partial charge in [0.05, 0.1) is 5.41 Å². The number of amidine groups is 1. The molecule has 0 fully saturated rings. The molecule has 0 atom stereocenters. The maximum Gasteiger partial charge on any atom is 0.123 e. The monoisotopic (exact) mass is 362 g/mol. The summed E-state index contributed by atoms with van der Waals surface area (Å²) in [6.07, 6.45) is 6.51. The van der Waals surface area contributed by atoms with Crippen LogP contribution in [0.15, 0.2) is 96.6 Å². The Kier molecular flexibility index (Phi) is 3.80. The number of hydrogen-bond donors (Lipinski definition) is 2. The molecule has 0 aromatic heterocycles. The minimum absolute atomic E-state index is 0.125. The molecule has 136 valence electrons. The lowest BCUT2D eigenvalue weighted by Gasteiger charge is -2.36. The van der Waals surface area contributed by atoms with E-state index in [-0.39, 0.29) is 11.3 Å². The third-order valence-corrected chi connectivity index (χ3v) is 6.06. The van der Waals surface area contributed by atoms with Gasteiger partial charge in [-0.1, -0.05) is 91.0 Å². The second-order valence-corrected chi connectivity index (χ2v) is 7.46. The summed E-state index contributed by atoms with van der Waals surface area (Å²) >= 11 is 0. The molecular formula is C26H22N2. The Labute approximate surface area is 165 Å². The molecule has 0 saturated carbocycles. The standard InChI is InChI=1S/C26H22N2/c27-25(28)21-15-9-17-23-24(21)20-14-7-8-16-22(20)26(23,18-10-3-1-4-11-18)19-12-5-2-6-13-19/h1-7,9-15,17H,8,16H2,(H3,27,28). The molecule has 5 rings (SSSR count). The van der Waals surface area contributed by atoms with Gasteiger partial charge in [-0.3, -0.25) is 5.41 Å². The van der Waals surface area contributed by atoms with E-state index < -0.39 is 0 Å². The normalized spacial score (nSPS) is 16.6. The molecule has 0 spiro atoms. The van der Waals surface area contributed by atoms with Crippen molar-refractivity contribution in [1.82, 2.24) is 0 Å². The summed E-state index contributed by atoms with van der Waals surface area (Å²) in [6.45, 7) is 0. The van der Waals surface area contributed by atoms with Crippen molar-refractivity contribution in [2.24, 2.45) is 5.73 Å². The second-order valence-electron chi connectivity index (χ2n) is 7.46. The van der Waals surface area contributed by atoms with Gasteiger partial charge in [0.25, 0.3) is 0 Å². The molecule has 0 radical (unpaired) electrons. The van der Waals surface area contributed by atoms with Crippen LogP contribution in [0.5, 0.6) is 0 Å². The summed E-state index contributed by atoms with van der Waals surface area (Å²) in [5.41, 5.74) is 14.0. The maximum absolute atomic E-state index is 8.18. The van der Waals surface area contributed by atoms with Crippen LogP contribution < -0.4 is 5.73 Å². The Morgan fingerprint density at radius 3 is 2.07 bits per heavy atom. The Morgan fingerprint density at radius 2 is 1.46 bits per heavy atom. The summed E-state index contributed by atoms with van der Waals surface area (Å²) in [4.78, 5) is 0. The maximum atomic E-state index is 8.18. The smallest absolute Gasteiger partial charge is 0.123 e. The first-order valence-corrected chi connectivity index (χ1v) is 9.74. The van der Waals surface area contributed by atoms with Crippen LogP contribution in [0.1, 0.15) is 40.7 Å². The van der Waals surface area contributed by atoms with Crippen LogP contribution >= 0.6 is 0 Å². The average Bonchev–Trinajstić information content (AvgIpc) is 3.06. The van der Waals surface area contributed by atoms with E-state index in [1.807, 2.05) is 12.1 Å². The SMILES string of the molecule is N=C(N)c1cccc2c1C1=C(CCC=C1)C2(c1ccccc1)c1ccccc1. The third kappa shape index (κ3) is 2.18. The lowest BCUT2D eigenvalue weighted by atomic mass is 9.65. The number of hydrogen-bond acceptors (Lipinski definition) is 1. The highest BCUT2D eigenvalue weighted by atomic mass is 14.7. The fourth-order valence-corrected chi connectivity index (χ4v) is 5.03. The first kappa shape index (κ1) is 16.8. The van der Waals surface area contributed by atoms with Crippen LogP contribution in [-0.2, 0) is 5.41 Å². The highest BCUT2D eigenvalue weighted by molar-refractivity contribution is 6.05. The largest absolute Gasteiger partial charge is 0.384 e. The highest BCUT2D eigenvalue weighted by Crippen LogP contribution is 2.57. The molecular weight excluding hydrogens is 340 g/mol. The Bertz CT molecular complexity index is 1080. The van der Waals surface area contributed by atoms with E-state index >= 15 is 0 Å².